The Bertz CT molecular complexity index is 303. The monoisotopic (exact) mass is 176 g/mol. The van der Waals surface area contributed by atoms with Crippen molar-refractivity contribution in [1.82, 2.24) is 4.98 Å². The number of rotatable bonds is 3. The van der Waals surface area contributed by atoms with E-state index in [1.165, 1.54) is 5.56 Å². The van der Waals surface area contributed by atoms with Crippen molar-refractivity contribution in [3.63, 3.8) is 0 Å². The fourth-order valence-electron chi connectivity index (χ4n) is 1.24. The quantitative estimate of drug-likeness (QED) is 0.766. The molecule has 1 heterocycles. The van der Waals surface area contributed by atoms with E-state index >= 15 is 0 Å². The van der Waals surface area contributed by atoms with E-state index in [1.54, 1.807) is 0 Å². The van der Waals surface area contributed by atoms with Gasteiger partial charge in [0, 0.05) is 30.2 Å². The van der Waals surface area contributed by atoms with Gasteiger partial charge in [0.05, 0.1) is 0 Å². The molecule has 1 rings (SSSR count). The van der Waals surface area contributed by atoms with Crippen molar-refractivity contribution in [3.8, 4) is 0 Å². The predicted octanol–water partition coefficient (Wildman–Crippen LogP) is 2.85. The van der Waals surface area contributed by atoms with Gasteiger partial charge in [0.2, 0.25) is 0 Å². The van der Waals surface area contributed by atoms with Crippen molar-refractivity contribution in [3.05, 3.63) is 29.6 Å². The van der Waals surface area contributed by atoms with Gasteiger partial charge in [0.1, 0.15) is 0 Å². The molecule has 1 N–H and O–H groups in total. The van der Waals surface area contributed by atoms with Crippen LogP contribution in [0, 0.1) is 6.92 Å². The zero-order chi connectivity index (χ0) is 9.68. The molecule has 0 saturated carbocycles. The minimum atomic E-state index is 1.05. The summed E-state index contributed by atoms with van der Waals surface area (Å²) >= 11 is 0. The van der Waals surface area contributed by atoms with Crippen LogP contribution in [-0.4, -0.2) is 12.0 Å². The second-order valence-corrected chi connectivity index (χ2v) is 2.92. The topological polar surface area (TPSA) is 24.9 Å². The van der Waals surface area contributed by atoms with Gasteiger partial charge in [0.15, 0.2) is 0 Å². The lowest BCUT2D eigenvalue weighted by atomic mass is 10.1. The number of allylic oxidation sites excluding steroid dienone is 1. The van der Waals surface area contributed by atoms with Crippen molar-refractivity contribution in [2.45, 2.75) is 20.3 Å². The minimum Gasteiger partial charge on any atom is -0.388 e. The molecule has 0 saturated heterocycles. The fourth-order valence-corrected chi connectivity index (χ4v) is 1.24. The van der Waals surface area contributed by atoms with Crippen molar-refractivity contribution < 1.29 is 0 Å². The largest absolute Gasteiger partial charge is 0.388 e. The van der Waals surface area contributed by atoms with Crippen molar-refractivity contribution in [1.29, 1.82) is 0 Å². The first-order chi connectivity index (χ1) is 6.29. The number of nitrogens with one attached hydrogen (secondary N) is 1. The lowest BCUT2D eigenvalue weighted by molar-refractivity contribution is 1.18. The lowest BCUT2D eigenvalue weighted by Gasteiger charge is -2.06. The SMILES string of the molecule is CC/C=C\c1c(NC)ccnc1C. The van der Waals surface area contributed by atoms with Crippen LogP contribution in [0.4, 0.5) is 5.69 Å². The maximum atomic E-state index is 4.25. The van der Waals surface area contributed by atoms with Crippen LogP contribution in [-0.2, 0) is 0 Å². The summed E-state index contributed by atoms with van der Waals surface area (Å²) in [5, 5.41) is 3.15. The lowest BCUT2D eigenvalue weighted by Crippen LogP contribution is -1.95. The van der Waals surface area contributed by atoms with Gasteiger partial charge in [-0.1, -0.05) is 19.1 Å². The van der Waals surface area contributed by atoms with Crippen LogP contribution >= 0.6 is 0 Å². The second-order valence-electron chi connectivity index (χ2n) is 2.92. The number of aryl methyl sites for hydroxylation is 1. The number of aromatic nitrogens is 1. The van der Waals surface area contributed by atoms with Crippen molar-refractivity contribution >= 4 is 11.8 Å². The van der Waals surface area contributed by atoms with E-state index in [1.807, 2.05) is 26.2 Å². The Labute approximate surface area is 79.7 Å². The van der Waals surface area contributed by atoms with Crippen LogP contribution in [0.15, 0.2) is 18.3 Å². The molecule has 0 aromatic carbocycles. The predicted molar refractivity (Wildman–Crippen MR) is 57.8 cm³/mol. The van der Waals surface area contributed by atoms with Crippen LogP contribution in [0.1, 0.15) is 24.6 Å². The number of hydrogen-bond donors (Lipinski definition) is 1. The number of nitrogens with zero attached hydrogens (tertiary/aromatic N) is 1. The molecule has 70 valence electrons. The molecule has 0 aliphatic heterocycles. The molecule has 0 aliphatic rings. The van der Waals surface area contributed by atoms with E-state index in [9.17, 15) is 0 Å². The summed E-state index contributed by atoms with van der Waals surface area (Å²) in [6.45, 7) is 4.15. The summed E-state index contributed by atoms with van der Waals surface area (Å²) in [4.78, 5) is 4.25. The molecule has 2 nitrogen and oxygen atoms in total. The van der Waals surface area contributed by atoms with Gasteiger partial charge in [-0.05, 0) is 19.4 Å². The van der Waals surface area contributed by atoms with Crippen molar-refractivity contribution in [2.75, 3.05) is 12.4 Å². The third-order valence-corrected chi connectivity index (χ3v) is 1.98. The van der Waals surface area contributed by atoms with E-state index in [0.717, 1.165) is 17.8 Å². The average Bonchev–Trinajstić information content (AvgIpc) is 2.15. The summed E-state index contributed by atoms with van der Waals surface area (Å²) in [6.07, 6.45) is 7.14. The summed E-state index contributed by atoms with van der Waals surface area (Å²) in [5.74, 6) is 0. The fraction of sp³-hybridized carbons (Fsp3) is 0.364. The minimum absolute atomic E-state index is 1.05. The first-order valence-electron chi connectivity index (χ1n) is 4.59. The molecule has 13 heavy (non-hydrogen) atoms. The zero-order valence-electron chi connectivity index (χ0n) is 8.46. The highest BCUT2D eigenvalue weighted by molar-refractivity contribution is 5.67. The number of pyridine rings is 1. The van der Waals surface area contributed by atoms with E-state index in [2.05, 4.69) is 29.4 Å². The Morgan fingerprint density at radius 1 is 1.54 bits per heavy atom. The van der Waals surface area contributed by atoms with Gasteiger partial charge in [-0.2, -0.15) is 0 Å². The molecule has 0 fully saturated rings. The maximum Gasteiger partial charge on any atom is 0.0465 e. The van der Waals surface area contributed by atoms with E-state index in [-0.39, 0.29) is 0 Å². The molecule has 0 bridgehead atoms. The summed E-state index contributed by atoms with van der Waals surface area (Å²) < 4.78 is 0. The molecule has 0 aliphatic carbocycles. The Morgan fingerprint density at radius 3 is 2.92 bits per heavy atom. The first-order valence-corrected chi connectivity index (χ1v) is 4.59. The molecule has 0 radical (unpaired) electrons. The van der Waals surface area contributed by atoms with Crippen LogP contribution < -0.4 is 5.32 Å². The smallest absolute Gasteiger partial charge is 0.0465 e. The van der Waals surface area contributed by atoms with E-state index in [4.69, 9.17) is 0 Å². The highest BCUT2D eigenvalue weighted by atomic mass is 14.8. The average molecular weight is 176 g/mol. The van der Waals surface area contributed by atoms with Gasteiger partial charge in [0.25, 0.3) is 0 Å². The van der Waals surface area contributed by atoms with E-state index < -0.39 is 0 Å². The summed E-state index contributed by atoms with van der Waals surface area (Å²) in [5.41, 5.74) is 3.39. The third-order valence-electron chi connectivity index (χ3n) is 1.98. The van der Waals surface area contributed by atoms with Crippen molar-refractivity contribution in [2.24, 2.45) is 0 Å². The van der Waals surface area contributed by atoms with Crippen LogP contribution in [0.25, 0.3) is 6.08 Å². The highest BCUT2D eigenvalue weighted by Crippen LogP contribution is 2.18. The van der Waals surface area contributed by atoms with E-state index in [0.29, 0.717) is 0 Å². The second kappa shape index (κ2) is 4.65. The molecule has 0 amide bonds. The molecular weight excluding hydrogens is 160 g/mol. The number of hydrogen-bond acceptors (Lipinski definition) is 2. The Balaban J connectivity index is 3.07. The normalized spacial score (nSPS) is 10.7. The summed E-state index contributed by atoms with van der Waals surface area (Å²) in [6, 6.07) is 1.99. The van der Waals surface area contributed by atoms with Crippen LogP contribution in [0.5, 0.6) is 0 Å². The van der Waals surface area contributed by atoms with Gasteiger partial charge < -0.3 is 5.32 Å². The molecule has 0 spiro atoms. The third kappa shape index (κ3) is 2.31. The molecule has 2 heteroatoms. The molecule has 0 unspecified atom stereocenters. The highest BCUT2D eigenvalue weighted by Gasteiger charge is 2.00. The maximum absolute atomic E-state index is 4.25. The van der Waals surface area contributed by atoms with Gasteiger partial charge in [-0.25, -0.2) is 0 Å². The van der Waals surface area contributed by atoms with Gasteiger partial charge >= 0.3 is 0 Å². The molecule has 1 aromatic heterocycles. The summed E-state index contributed by atoms with van der Waals surface area (Å²) in [7, 11) is 1.93. The van der Waals surface area contributed by atoms with Crippen LogP contribution in [0.2, 0.25) is 0 Å². The number of anilines is 1. The Hall–Kier alpha value is -1.31. The first kappa shape index (κ1) is 9.78. The Morgan fingerprint density at radius 2 is 2.31 bits per heavy atom. The van der Waals surface area contributed by atoms with Gasteiger partial charge in [-0.3, -0.25) is 4.98 Å². The molecule has 0 atom stereocenters. The Kier molecular flexibility index (Phi) is 3.50. The van der Waals surface area contributed by atoms with Gasteiger partial charge in [-0.15, -0.1) is 0 Å². The van der Waals surface area contributed by atoms with Crippen LogP contribution in [0.3, 0.4) is 0 Å². The zero-order valence-corrected chi connectivity index (χ0v) is 8.46. The molecule has 1 aromatic rings. The molecular formula is C11H16N2. The standard InChI is InChI=1S/C11H16N2/c1-4-5-6-10-9(2)13-8-7-11(10)12-3/h5-8H,4H2,1-3H3,(H,12,13)/b6-5-.